The molecule has 21 heavy (non-hydrogen) atoms. The molecule has 1 amide bonds. The molecule has 116 valence electrons. The fraction of sp³-hybridized carbons (Fsp3) is 0.533. The third-order valence-corrected chi connectivity index (χ3v) is 3.18. The van der Waals surface area contributed by atoms with Gasteiger partial charge >= 0.3 is 0 Å². The van der Waals surface area contributed by atoms with Gasteiger partial charge in [-0.2, -0.15) is 0 Å². The molecule has 1 aromatic carbocycles. The Labute approximate surface area is 124 Å². The molecule has 0 aromatic heterocycles. The summed E-state index contributed by atoms with van der Waals surface area (Å²) in [7, 11) is 0. The summed E-state index contributed by atoms with van der Waals surface area (Å²) in [6, 6.07) is 4.64. The zero-order valence-electron chi connectivity index (χ0n) is 12.8. The fourth-order valence-corrected chi connectivity index (χ4v) is 2.03. The topological polar surface area (TPSA) is 98.3 Å². The maximum Gasteiger partial charge on any atom is 0.273 e. The van der Waals surface area contributed by atoms with Crippen molar-refractivity contribution in [3.63, 3.8) is 0 Å². The zero-order valence-corrected chi connectivity index (χ0v) is 12.8. The second-order valence-corrected chi connectivity index (χ2v) is 5.99. The lowest BCUT2D eigenvalue weighted by atomic mass is 9.85. The van der Waals surface area contributed by atoms with Crippen molar-refractivity contribution in [3.05, 3.63) is 39.4 Å². The molecule has 0 bridgehead atoms. The number of carbonyl (C=O) groups is 1. The van der Waals surface area contributed by atoms with Crippen LogP contribution in [0.4, 0.5) is 5.69 Å². The van der Waals surface area contributed by atoms with E-state index in [1.807, 2.05) is 20.8 Å². The van der Waals surface area contributed by atoms with Gasteiger partial charge in [0, 0.05) is 23.7 Å². The van der Waals surface area contributed by atoms with E-state index < -0.39 is 4.92 Å². The molecule has 0 saturated carbocycles. The van der Waals surface area contributed by atoms with E-state index in [0.29, 0.717) is 24.2 Å². The molecule has 0 atom stereocenters. The predicted octanol–water partition coefficient (Wildman–Crippen LogP) is 2.36. The first-order valence-corrected chi connectivity index (χ1v) is 7.04. The SMILES string of the molecule is CC(C)(C)c1ccc(C(=O)NCCCCN)cc1[N+](=O)[O-]. The lowest BCUT2D eigenvalue weighted by Gasteiger charge is -2.19. The van der Waals surface area contributed by atoms with Crippen molar-refractivity contribution in [2.24, 2.45) is 5.73 Å². The Bertz CT molecular complexity index is 521. The minimum atomic E-state index is -0.439. The standard InChI is InChI=1S/C15H23N3O3/c1-15(2,3)12-7-6-11(10-13(12)18(20)21)14(19)17-9-5-4-8-16/h6-7,10H,4-5,8-9,16H2,1-3H3,(H,17,19). The summed E-state index contributed by atoms with van der Waals surface area (Å²) in [5.41, 5.74) is 5.94. The molecule has 0 aliphatic rings. The van der Waals surface area contributed by atoms with Crippen molar-refractivity contribution < 1.29 is 9.72 Å². The molecule has 1 aromatic rings. The first-order chi connectivity index (χ1) is 9.77. The summed E-state index contributed by atoms with van der Waals surface area (Å²) >= 11 is 0. The van der Waals surface area contributed by atoms with Gasteiger partial charge in [-0.25, -0.2) is 0 Å². The predicted molar refractivity (Wildman–Crippen MR) is 82.4 cm³/mol. The van der Waals surface area contributed by atoms with Crippen LogP contribution in [0, 0.1) is 10.1 Å². The van der Waals surface area contributed by atoms with Crippen LogP contribution in [0.5, 0.6) is 0 Å². The third-order valence-electron chi connectivity index (χ3n) is 3.18. The Morgan fingerprint density at radius 2 is 2.00 bits per heavy atom. The Morgan fingerprint density at radius 1 is 1.33 bits per heavy atom. The van der Waals surface area contributed by atoms with Crippen LogP contribution in [0.25, 0.3) is 0 Å². The van der Waals surface area contributed by atoms with Gasteiger partial charge in [0.05, 0.1) is 4.92 Å². The number of nitrogens with one attached hydrogen (secondary N) is 1. The van der Waals surface area contributed by atoms with Crippen LogP contribution < -0.4 is 11.1 Å². The number of hydrogen-bond donors (Lipinski definition) is 2. The molecule has 0 saturated heterocycles. The maximum atomic E-state index is 12.0. The van der Waals surface area contributed by atoms with E-state index >= 15 is 0 Å². The average molecular weight is 293 g/mol. The molecule has 6 heteroatoms. The van der Waals surface area contributed by atoms with Crippen LogP contribution in [-0.4, -0.2) is 23.9 Å². The van der Waals surface area contributed by atoms with Crippen molar-refractivity contribution in [1.29, 1.82) is 0 Å². The number of hydrogen-bond acceptors (Lipinski definition) is 4. The minimum Gasteiger partial charge on any atom is -0.352 e. The Balaban J connectivity index is 2.93. The van der Waals surface area contributed by atoms with Gasteiger partial charge < -0.3 is 11.1 Å². The van der Waals surface area contributed by atoms with Crippen LogP contribution >= 0.6 is 0 Å². The Hall–Kier alpha value is -1.95. The quantitative estimate of drug-likeness (QED) is 0.478. The van der Waals surface area contributed by atoms with Gasteiger partial charge in [0.25, 0.3) is 11.6 Å². The lowest BCUT2D eigenvalue weighted by Crippen LogP contribution is -2.25. The first-order valence-electron chi connectivity index (χ1n) is 7.04. The molecular weight excluding hydrogens is 270 g/mol. The highest BCUT2D eigenvalue weighted by Gasteiger charge is 2.25. The summed E-state index contributed by atoms with van der Waals surface area (Å²) in [5.74, 6) is -0.296. The molecule has 6 nitrogen and oxygen atoms in total. The first kappa shape index (κ1) is 17.1. The van der Waals surface area contributed by atoms with Gasteiger partial charge in [0.15, 0.2) is 0 Å². The van der Waals surface area contributed by atoms with E-state index in [1.54, 1.807) is 12.1 Å². The van der Waals surface area contributed by atoms with E-state index in [1.165, 1.54) is 6.07 Å². The average Bonchev–Trinajstić information content (AvgIpc) is 2.41. The molecular formula is C15H23N3O3. The van der Waals surface area contributed by atoms with E-state index in [2.05, 4.69) is 5.32 Å². The van der Waals surface area contributed by atoms with Crippen molar-refractivity contribution in [2.75, 3.05) is 13.1 Å². The molecule has 0 aliphatic heterocycles. The van der Waals surface area contributed by atoms with Crippen molar-refractivity contribution in [1.82, 2.24) is 5.32 Å². The second kappa shape index (κ2) is 7.17. The second-order valence-electron chi connectivity index (χ2n) is 5.99. The van der Waals surface area contributed by atoms with Crippen LogP contribution in [0.2, 0.25) is 0 Å². The normalized spacial score (nSPS) is 11.2. The van der Waals surface area contributed by atoms with Gasteiger partial charge in [0.1, 0.15) is 0 Å². The van der Waals surface area contributed by atoms with Gasteiger partial charge in [-0.15, -0.1) is 0 Å². The zero-order chi connectivity index (χ0) is 16.0. The number of nitro benzene ring substituents is 1. The molecule has 3 N–H and O–H groups in total. The summed E-state index contributed by atoms with van der Waals surface area (Å²) in [6.45, 7) is 6.82. The van der Waals surface area contributed by atoms with Gasteiger partial charge in [-0.05, 0) is 30.9 Å². The number of nitrogens with zero attached hydrogens (tertiary/aromatic N) is 1. The Kier molecular flexibility index (Phi) is 5.84. The molecule has 0 radical (unpaired) electrons. The number of amides is 1. The van der Waals surface area contributed by atoms with Gasteiger partial charge in [0.2, 0.25) is 0 Å². The monoisotopic (exact) mass is 293 g/mol. The summed E-state index contributed by atoms with van der Waals surface area (Å²) < 4.78 is 0. The van der Waals surface area contributed by atoms with E-state index in [4.69, 9.17) is 5.73 Å². The minimum absolute atomic E-state index is 0.0166. The molecule has 0 heterocycles. The van der Waals surface area contributed by atoms with E-state index in [0.717, 1.165) is 12.8 Å². The molecule has 1 rings (SSSR count). The fourth-order valence-electron chi connectivity index (χ4n) is 2.03. The number of rotatable bonds is 6. The number of nitro groups is 1. The maximum absolute atomic E-state index is 12.0. The molecule has 0 aliphatic carbocycles. The highest BCUT2D eigenvalue weighted by Crippen LogP contribution is 2.31. The van der Waals surface area contributed by atoms with Crippen molar-refractivity contribution in [2.45, 2.75) is 39.0 Å². The van der Waals surface area contributed by atoms with E-state index in [-0.39, 0.29) is 17.0 Å². The smallest absolute Gasteiger partial charge is 0.273 e. The number of benzene rings is 1. The van der Waals surface area contributed by atoms with E-state index in [9.17, 15) is 14.9 Å². The highest BCUT2D eigenvalue weighted by atomic mass is 16.6. The Morgan fingerprint density at radius 3 is 2.52 bits per heavy atom. The van der Waals surface area contributed by atoms with Crippen LogP contribution in [-0.2, 0) is 5.41 Å². The summed E-state index contributed by atoms with van der Waals surface area (Å²) in [5, 5.41) is 13.9. The van der Waals surface area contributed by atoms with Crippen LogP contribution in [0.3, 0.4) is 0 Å². The number of nitrogens with two attached hydrogens (primary N) is 1. The number of unbranched alkanes of at least 4 members (excludes halogenated alkanes) is 1. The van der Waals surface area contributed by atoms with Gasteiger partial charge in [-0.1, -0.05) is 26.8 Å². The molecule has 0 unspecified atom stereocenters. The van der Waals surface area contributed by atoms with Crippen molar-refractivity contribution in [3.8, 4) is 0 Å². The summed E-state index contributed by atoms with van der Waals surface area (Å²) in [4.78, 5) is 22.7. The lowest BCUT2D eigenvalue weighted by molar-refractivity contribution is -0.386. The largest absolute Gasteiger partial charge is 0.352 e. The van der Waals surface area contributed by atoms with Crippen molar-refractivity contribution >= 4 is 11.6 Å². The third kappa shape index (κ3) is 4.82. The summed E-state index contributed by atoms with van der Waals surface area (Å²) in [6.07, 6.45) is 1.63. The number of carbonyl (C=O) groups excluding carboxylic acids is 1. The molecule has 0 fully saturated rings. The molecule has 0 spiro atoms. The van der Waals surface area contributed by atoms with Crippen LogP contribution in [0.15, 0.2) is 18.2 Å². The van der Waals surface area contributed by atoms with Crippen LogP contribution in [0.1, 0.15) is 49.5 Å². The highest BCUT2D eigenvalue weighted by molar-refractivity contribution is 5.95. The van der Waals surface area contributed by atoms with Gasteiger partial charge in [-0.3, -0.25) is 14.9 Å².